The fraction of sp³-hybridized carbons (Fsp3) is 0.588. The smallest absolute Gasteiger partial charge is 0.0991 e. The number of hydrogen-bond donors (Lipinski definition) is 0. The van der Waals surface area contributed by atoms with Crippen LogP contribution >= 0.6 is 0 Å². The second-order valence-corrected chi connectivity index (χ2v) is 6.53. The van der Waals surface area contributed by atoms with Crippen molar-refractivity contribution in [3.63, 3.8) is 0 Å². The average molecular weight is 270 g/mol. The van der Waals surface area contributed by atoms with E-state index in [0.29, 0.717) is 11.8 Å². The highest BCUT2D eigenvalue weighted by molar-refractivity contribution is 5.51. The standard InChI is InChI=1S/C17H22N2O/c1-13(2)15-9-17(20-11-15)7-8-19(12-17)16-5-3-14(10-18)4-6-16/h3-6,13,15H,7-9,11-12H2,1-2H3/t15-,17+/m0/s1. The maximum Gasteiger partial charge on any atom is 0.0991 e. The number of hydrogen-bond acceptors (Lipinski definition) is 3. The molecule has 2 heterocycles. The molecule has 1 aromatic carbocycles. The van der Waals surface area contributed by atoms with Crippen molar-refractivity contribution in [2.45, 2.75) is 32.3 Å². The summed E-state index contributed by atoms with van der Waals surface area (Å²) in [6.07, 6.45) is 2.31. The van der Waals surface area contributed by atoms with Gasteiger partial charge < -0.3 is 9.64 Å². The Hall–Kier alpha value is -1.53. The Kier molecular flexibility index (Phi) is 3.43. The lowest BCUT2D eigenvalue weighted by atomic mass is 9.87. The first-order chi connectivity index (χ1) is 9.62. The highest BCUT2D eigenvalue weighted by Crippen LogP contribution is 2.41. The number of benzene rings is 1. The van der Waals surface area contributed by atoms with Crippen LogP contribution in [0.3, 0.4) is 0 Å². The van der Waals surface area contributed by atoms with Gasteiger partial charge in [0.2, 0.25) is 0 Å². The summed E-state index contributed by atoms with van der Waals surface area (Å²) >= 11 is 0. The fourth-order valence-corrected chi connectivity index (χ4v) is 3.40. The van der Waals surface area contributed by atoms with Gasteiger partial charge in [-0.05, 0) is 48.9 Å². The average Bonchev–Trinajstić information content (AvgIpc) is 3.07. The van der Waals surface area contributed by atoms with Crippen molar-refractivity contribution < 1.29 is 4.74 Å². The summed E-state index contributed by atoms with van der Waals surface area (Å²) in [6.45, 7) is 7.54. The maximum atomic E-state index is 8.86. The first kappa shape index (κ1) is 13.5. The highest BCUT2D eigenvalue weighted by Gasteiger charge is 2.46. The Balaban J connectivity index is 1.69. The lowest BCUT2D eigenvalue weighted by Crippen LogP contribution is -2.32. The van der Waals surface area contributed by atoms with Gasteiger partial charge in [-0.25, -0.2) is 0 Å². The predicted molar refractivity (Wildman–Crippen MR) is 79.6 cm³/mol. The molecule has 0 aliphatic carbocycles. The molecule has 0 radical (unpaired) electrons. The van der Waals surface area contributed by atoms with Crippen molar-refractivity contribution in [1.29, 1.82) is 5.26 Å². The molecule has 0 amide bonds. The van der Waals surface area contributed by atoms with E-state index in [1.54, 1.807) is 0 Å². The molecule has 1 spiro atoms. The van der Waals surface area contributed by atoms with Crippen LogP contribution in [-0.2, 0) is 4.74 Å². The second-order valence-electron chi connectivity index (χ2n) is 6.53. The van der Waals surface area contributed by atoms with Gasteiger partial charge in [-0.1, -0.05) is 13.8 Å². The SMILES string of the molecule is CC(C)[C@@H]1CO[C@]2(CCN(c3ccc(C#N)cc3)C2)C1. The molecule has 1 aromatic rings. The Morgan fingerprint density at radius 3 is 2.70 bits per heavy atom. The van der Waals surface area contributed by atoms with E-state index >= 15 is 0 Å². The van der Waals surface area contributed by atoms with Gasteiger partial charge in [-0.2, -0.15) is 5.26 Å². The molecule has 2 fully saturated rings. The monoisotopic (exact) mass is 270 g/mol. The van der Waals surface area contributed by atoms with Crippen LogP contribution in [0.4, 0.5) is 5.69 Å². The van der Waals surface area contributed by atoms with E-state index in [1.165, 1.54) is 12.1 Å². The Morgan fingerprint density at radius 2 is 2.10 bits per heavy atom. The maximum absolute atomic E-state index is 8.86. The second kappa shape index (κ2) is 5.10. The van der Waals surface area contributed by atoms with Crippen molar-refractivity contribution in [3.05, 3.63) is 29.8 Å². The minimum absolute atomic E-state index is 0.0723. The topological polar surface area (TPSA) is 36.3 Å². The van der Waals surface area contributed by atoms with Crippen LogP contribution in [0.1, 0.15) is 32.3 Å². The quantitative estimate of drug-likeness (QED) is 0.828. The molecule has 106 valence electrons. The van der Waals surface area contributed by atoms with Gasteiger partial charge in [-0.3, -0.25) is 0 Å². The van der Waals surface area contributed by atoms with Crippen LogP contribution in [0.15, 0.2) is 24.3 Å². The number of nitriles is 1. The number of ether oxygens (including phenoxy) is 1. The molecule has 0 N–H and O–H groups in total. The van der Waals surface area contributed by atoms with E-state index in [4.69, 9.17) is 10.00 Å². The summed E-state index contributed by atoms with van der Waals surface area (Å²) in [5.74, 6) is 1.41. The molecule has 2 atom stereocenters. The largest absolute Gasteiger partial charge is 0.373 e. The molecule has 0 aromatic heterocycles. The first-order valence-corrected chi connectivity index (χ1v) is 7.51. The van der Waals surface area contributed by atoms with Crippen LogP contribution in [0.2, 0.25) is 0 Å². The van der Waals surface area contributed by atoms with Gasteiger partial charge in [0.25, 0.3) is 0 Å². The van der Waals surface area contributed by atoms with Crippen LogP contribution in [0, 0.1) is 23.2 Å². The summed E-state index contributed by atoms with van der Waals surface area (Å²) in [6, 6.07) is 10.1. The van der Waals surface area contributed by atoms with Gasteiger partial charge in [0.1, 0.15) is 0 Å². The lowest BCUT2D eigenvalue weighted by Gasteiger charge is -2.25. The summed E-state index contributed by atoms with van der Waals surface area (Å²) in [5, 5.41) is 8.86. The zero-order chi connectivity index (χ0) is 14.2. The van der Waals surface area contributed by atoms with E-state index in [2.05, 4.69) is 24.8 Å². The first-order valence-electron chi connectivity index (χ1n) is 7.51. The van der Waals surface area contributed by atoms with Crippen LogP contribution < -0.4 is 4.90 Å². The third kappa shape index (κ3) is 2.41. The van der Waals surface area contributed by atoms with Crippen molar-refractivity contribution in [2.24, 2.45) is 11.8 Å². The summed E-state index contributed by atoms with van der Waals surface area (Å²) in [4.78, 5) is 2.39. The molecule has 0 unspecified atom stereocenters. The number of anilines is 1. The predicted octanol–water partition coefficient (Wildman–Crippen LogP) is 3.20. The van der Waals surface area contributed by atoms with Crippen LogP contribution in [0.25, 0.3) is 0 Å². The van der Waals surface area contributed by atoms with E-state index in [-0.39, 0.29) is 5.60 Å². The molecular weight excluding hydrogens is 248 g/mol. The third-order valence-corrected chi connectivity index (χ3v) is 4.86. The Labute approximate surface area is 121 Å². The molecule has 2 aliphatic rings. The molecule has 3 heteroatoms. The molecule has 2 aliphatic heterocycles. The highest BCUT2D eigenvalue weighted by atomic mass is 16.5. The summed E-state index contributed by atoms with van der Waals surface area (Å²) in [5.41, 5.74) is 2.00. The zero-order valence-electron chi connectivity index (χ0n) is 12.3. The molecule has 0 saturated carbocycles. The van der Waals surface area contributed by atoms with Crippen molar-refractivity contribution in [3.8, 4) is 6.07 Å². The van der Waals surface area contributed by atoms with Gasteiger partial charge in [-0.15, -0.1) is 0 Å². The van der Waals surface area contributed by atoms with Crippen molar-refractivity contribution in [1.82, 2.24) is 0 Å². The fourth-order valence-electron chi connectivity index (χ4n) is 3.40. The number of nitrogens with zero attached hydrogens (tertiary/aromatic N) is 2. The van der Waals surface area contributed by atoms with E-state index in [0.717, 1.165) is 31.7 Å². The van der Waals surface area contributed by atoms with Gasteiger partial charge in [0, 0.05) is 18.8 Å². The van der Waals surface area contributed by atoms with Gasteiger partial charge in [0.15, 0.2) is 0 Å². The molecule has 20 heavy (non-hydrogen) atoms. The van der Waals surface area contributed by atoms with Gasteiger partial charge in [0.05, 0.1) is 23.8 Å². The third-order valence-electron chi connectivity index (χ3n) is 4.86. The normalized spacial score (nSPS) is 29.3. The van der Waals surface area contributed by atoms with Crippen LogP contribution in [0.5, 0.6) is 0 Å². The molecule has 3 nitrogen and oxygen atoms in total. The minimum Gasteiger partial charge on any atom is -0.373 e. The molecular formula is C17H22N2O. The van der Waals surface area contributed by atoms with E-state index < -0.39 is 0 Å². The Bertz CT molecular complexity index is 517. The van der Waals surface area contributed by atoms with Crippen LogP contribution in [-0.4, -0.2) is 25.3 Å². The zero-order valence-corrected chi connectivity index (χ0v) is 12.3. The summed E-state index contributed by atoms with van der Waals surface area (Å²) < 4.78 is 6.18. The van der Waals surface area contributed by atoms with Crippen molar-refractivity contribution in [2.75, 3.05) is 24.6 Å². The molecule has 0 bridgehead atoms. The van der Waals surface area contributed by atoms with Crippen molar-refractivity contribution >= 4 is 5.69 Å². The van der Waals surface area contributed by atoms with Gasteiger partial charge >= 0.3 is 0 Å². The molecule has 3 rings (SSSR count). The minimum atomic E-state index is 0.0723. The molecule has 2 saturated heterocycles. The van der Waals surface area contributed by atoms with E-state index in [1.807, 2.05) is 24.3 Å². The van der Waals surface area contributed by atoms with E-state index in [9.17, 15) is 0 Å². The Morgan fingerprint density at radius 1 is 1.35 bits per heavy atom. The number of rotatable bonds is 2. The summed E-state index contributed by atoms with van der Waals surface area (Å²) in [7, 11) is 0. The lowest BCUT2D eigenvalue weighted by molar-refractivity contribution is 0.0212.